The van der Waals surface area contributed by atoms with Crippen LogP contribution in [0.15, 0.2) is 0 Å². The van der Waals surface area contributed by atoms with Gasteiger partial charge < -0.3 is 15.4 Å². The maximum absolute atomic E-state index is 12.2. The number of nitrogens with zero attached hydrogens (tertiary/aromatic N) is 2. The molecule has 1 aromatic rings. The molecule has 0 aromatic carbocycles. The Morgan fingerprint density at radius 1 is 1.33 bits per heavy atom. The number of carbonyl (C=O) groups excluding carboxylic acids is 1. The van der Waals surface area contributed by atoms with E-state index in [0.29, 0.717) is 18.2 Å². The van der Waals surface area contributed by atoms with Crippen molar-refractivity contribution in [3.63, 3.8) is 0 Å². The molecular weight excluding hydrogens is 304 g/mol. The molecule has 1 fully saturated rings. The average molecular weight is 332 g/mol. The van der Waals surface area contributed by atoms with Crippen LogP contribution in [0.1, 0.15) is 55.0 Å². The molecule has 2 heterocycles. The van der Waals surface area contributed by atoms with Crippen LogP contribution in [0.25, 0.3) is 0 Å². The van der Waals surface area contributed by atoms with Gasteiger partial charge in [0.25, 0.3) is 5.91 Å². The second-order valence-electron chi connectivity index (χ2n) is 7.56. The fourth-order valence-corrected chi connectivity index (χ4v) is 3.57. The normalized spacial score (nSPS) is 18.8. The number of hydrogen-bond donors (Lipinski definition) is 2. The lowest BCUT2D eigenvalue weighted by Gasteiger charge is -2.41. The number of carbonyl (C=O) groups is 1. The zero-order valence-corrected chi connectivity index (χ0v) is 14.9. The minimum atomic E-state index is -0.0815. The highest BCUT2D eigenvalue weighted by Crippen LogP contribution is 2.41. The lowest BCUT2D eigenvalue weighted by Crippen LogP contribution is -2.41. The van der Waals surface area contributed by atoms with Gasteiger partial charge in [-0.3, -0.25) is 4.79 Å². The first-order valence-corrected chi connectivity index (χ1v) is 8.94. The Bertz CT molecular complexity index is 611. The van der Waals surface area contributed by atoms with Crippen molar-refractivity contribution in [3.8, 4) is 0 Å². The second-order valence-corrected chi connectivity index (χ2v) is 7.56. The monoisotopic (exact) mass is 332 g/mol. The summed E-state index contributed by atoms with van der Waals surface area (Å²) in [5.41, 5.74) is 1.71. The molecule has 24 heavy (non-hydrogen) atoms. The SMILES string of the molecule is COCC1(CNc2nc(CC(C)C)nc3c2CCNC3=O)CCC1. The Balaban J connectivity index is 1.85. The number of rotatable bonds is 7. The third kappa shape index (κ3) is 3.53. The van der Waals surface area contributed by atoms with Crippen molar-refractivity contribution in [2.75, 3.05) is 32.1 Å². The quantitative estimate of drug-likeness (QED) is 0.800. The fraction of sp³-hybridized carbons (Fsp3) is 0.722. The average Bonchev–Trinajstić information content (AvgIpc) is 2.50. The second kappa shape index (κ2) is 7.05. The lowest BCUT2D eigenvalue weighted by molar-refractivity contribution is 0.0282. The van der Waals surface area contributed by atoms with E-state index < -0.39 is 0 Å². The van der Waals surface area contributed by atoms with Crippen molar-refractivity contribution >= 4 is 11.7 Å². The van der Waals surface area contributed by atoms with Gasteiger partial charge in [0, 0.05) is 37.6 Å². The van der Waals surface area contributed by atoms with E-state index in [1.54, 1.807) is 7.11 Å². The summed E-state index contributed by atoms with van der Waals surface area (Å²) in [5, 5.41) is 6.41. The molecule has 0 unspecified atom stereocenters. The van der Waals surface area contributed by atoms with E-state index in [4.69, 9.17) is 9.72 Å². The van der Waals surface area contributed by atoms with Crippen LogP contribution in [0.5, 0.6) is 0 Å². The van der Waals surface area contributed by atoms with Crippen molar-refractivity contribution in [1.29, 1.82) is 0 Å². The molecule has 0 radical (unpaired) electrons. The maximum atomic E-state index is 12.2. The smallest absolute Gasteiger partial charge is 0.270 e. The molecule has 6 nitrogen and oxygen atoms in total. The standard InChI is InChI=1S/C18H28N4O2/c1-12(2)9-14-21-15-13(5-8-19-17(15)23)16(22-14)20-10-18(11-24-3)6-4-7-18/h12H,4-11H2,1-3H3,(H,19,23)(H,20,21,22). The van der Waals surface area contributed by atoms with Crippen LogP contribution in [-0.2, 0) is 17.6 Å². The third-order valence-electron chi connectivity index (χ3n) is 5.02. The van der Waals surface area contributed by atoms with E-state index in [9.17, 15) is 4.79 Å². The number of methoxy groups -OCH3 is 1. The first kappa shape index (κ1) is 17.1. The van der Waals surface area contributed by atoms with Crippen LogP contribution in [0.3, 0.4) is 0 Å². The molecule has 1 aliphatic heterocycles. The van der Waals surface area contributed by atoms with Crippen LogP contribution in [0, 0.1) is 11.3 Å². The Hall–Kier alpha value is -1.69. The maximum Gasteiger partial charge on any atom is 0.270 e. The summed E-state index contributed by atoms with van der Waals surface area (Å²) >= 11 is 0. The van der Waals surface area contributed by atoms with Gasteiger partial charge in [-0.1, -0.05) is 20.3 Å². The van der Waals surface area contributed by atoms with Gasteiger partial charge in [-0.2, -0.15) is 0 Å². The number of fused-ring (bicyclic) bond motifs is 1. The Kier molecular flexibility index (Phi) is 5.04. The van der Waals surface area contributed by atoms with Crippen LogP contribution in [0.4, 0.5) is 5.82 Å². The molecule has 0 saturated heterocycles. The predicted octanol–water partition coefficient (Wildman–Crippen LogP) is 2.19. The molecule has 1 amide bonds. The summed E-state index contributed by atoms with van der Waals surface area (Å²) in [4.78, 5) is 21.5. The van der Waals surface area contributed by atoms with Crippen LogP contribution in [0.2, 0.25) is 0 Å². The predicted molar refractivity (Wildman–Crippen MR) is 93.3 cm³/mol. The minimum Gasteiger partial charge on any atom is -0.384 e. The van der Waals surface area contributed by atoms with Gasteiger partial charge in [0.05, 0.1) is 6.61 Å². The third-order valence-corrected chi connectivity index (χ3v) is 5.02. The lowest BCUT2D eigenvalue weighted by atomic mass is 9.69. The van der Waals surface area contributed by atoms with Crippen LogP contribution < -0.4 is 10.6 Å². The summed E-state index contributed by atoms with van der Waals surface area (Å²) in [6.45, 7) is 6.53. The molecule has 0 bridgehead atoms. The minimum absolute atomic E-state index is 0.0815. The summed E-state index contributed by atoms with van der Waals surface area (Å²) in [7, 11) is 1.76. The van der Waals surface area contributed by atoms with E-state index in [1.165, 1.54) is 19.3 Å². The summed E-state index contributed by atoms with van der Waals surface area (Å²) < 4.78 is 5.41. The number of hydrogen-bond acceptors (Lipinski definition) is 5. The zero-order chi connectivity index (χ0) is 17.2. The molecule has 2 aliphatic rings. The molecule has 1 saturated carbocycles. The number of nitrogens with one attached hydrogen (secondary N) is 2. The number of aromatic nitrogens is 2. The largest absolute Gasteiger partial charge is 0.384 e. The summed E-state index contributed by atoms with van der Waals surface area (Å²) in [6, 6.07) is 0. The Morgan fingerprint density at radius 2 is 2.12 bits per heavy atom. The number of amides is 1. The van der Waals surface area contributed by atoms with E-state index in [1.807, 2.05) is 0 Å². The zero-order valence-electron chi connectivity index (χ0n) is 14.9. The summed E-state index contributed by atoms with van der Waals surface area (Å²) in [5.74, 6) is 1.96. The Labute approximate surface area is 143 Å². The highest BCUT2D eigenvalue weighted by Gasteiger charge is 2.37. The van der Waals surface area contributed by atoms with Crippen LogP contribution >= 0.6 is 0 Å². The van der Waals surface area contributed by atoms with Crippen molar-refractivity contribution < 1.29 is 9.53 Å². The van der Waals surface area contributed by atoms with Gasteiger partial charge in [-0.25, -0.2) is 9.97 Å². The van der Waals surface area contributed by atoms with E-state index in [-0.39, 0.29) is 11.3 Å². The highest BCUT2D eigenvalue weighted by molar-refractivity contribution is 5.96. The fourth-order valence-electron chi connectivity index (χ4n) is 3.57. The first-order chi connectivity index (χ1) is 11.5. The molecule has 1 aromatic heterocycles. The van der Waals surface area contributed by atoms with Crippen molar-refractivity contribution in [2.24, 2.45) is 11.3 Å². The van der Waals surface area contributed by atoms with Crippen molar-refractivity contribution in [1.82, 2.24) is 15.3 Å². The first-order valence-electron chi connectivity index (χ1n) is 8.94. The van der Waals surface area contributed by atoms with E-state index in [2.05, 4.69) is 29.5 Å². The van der Waals surface area contributed by atoms with Gasteiger partial charge in [0.1, 0.15) is 17.3 Å². The molecular formula is C18H28N4O2. The van der Waals surface area contributed by atoms with Crippen LogP contribution in [-0.4, -0.2) is 42.7 Å². The molecule has 0 atom stereocenters. The van der Waals surface area contributed by atoms with Crippen molar-refractivity contribution in [3.05, 3.63) is 17.1 Å². The molecule has 0 spiro atoms. The van der Waals surface area contributed by atoms with Gasteiger partial charge in [0.15, 0.2) is 0 Å². The molecule has 3 rings (SSSR count). The Morgan fingerprint density at radius 3 is 2.75 bits per heavy atom. The van der Waals surface area contributed by atoms with Gasteiger partial charge in [-0.05, 0) is 25.2 Å². The summed E-state index contributed by atoms with van der Waals surface area (Å²) in [6.07, 6.45) is 5.18. The molecule has 6 heteroatoms. The highest BCUT2D eigenvalue weighted by atomic mass is 16.5. The van der Waals surface area contributed by atoms with Gasteiger partial charge in [-0.15, -0.1) is 0 Å². The van der Waals surface area contributed by atoms with Crippen molar-refractivity contribution in [2.45, 2.75) is 46.0 Å². The van der Waals surface area contributed by atoms with E-state index in [0.717, 1.165) is 43.2 Å². The van der Waals surface area contributed by atoms with Gasteiger partial charge >= 0.3 is 0 Å². The number of ether oxygens (including phenoxy) is 1. The van der Waals surface area contributed by atoms with E-state index >= 15 is 0 Å². The molecule has 1 aliphatic carbocycles. The molecule has 2 N–H and O–H groups in total. The van der Waals surface area contributed by atoms with Gasteiger partial charge in [0.2, 0.25) is 0 Å². The number of anilines is 1. The topological polar surface area (TPSA) is 76.1 Å². The molecule has 132 valence electrons.